The maximum atomic E-state index is 11.4. The number of fused-ring (bicyclic) bond motifs is 1. The van der Waals surface area contributed by atoms with Crippen molar-refractivity contribution in [3.8, 4) is 0 Å². The van der Waals surface area contributed by atoms with E-state index in [1.165, 1.54) is 7.11 Å². The second kappa shape index (κ2) is 3.29. The summed E-state index contributed by atoms with van der Waals surface area (Å²) < 4.78 is 4.81. The molecule has 1 aliphatic heterocycles. The van der Waals surface area contributed by atoms with Crippen LogP contribution in [0.2, 0.25) is 0 Å². The lowest BCUT2D eigenvalue weighted by Gasteiger charge is -2.16. The third-order valence-corrected chi connectivity index (χ3v) is 3.76. The van der Waals surface area contributed by atoms with Gasteiger partial charge >= 0.3 is 5.97 Å². The van der Waals surface area contributed by atoms with Gasteiger partial charge in [0.2, 0.25) is 0 Å². The molecular formula is C10H17NO2. The average Bonchev–Trinajstić information content (AvgIpc) is 2.68. The first-order valence-electron chi connectivity index (χ1n) is 5.02. The van der Waals surface area contributed by atoms with Crippen LogP contribution < -0.4 is 5.32 Å². The van der Waals surface area contributed by atoms with E-state index in [1.54, 1.807) is 0 Å². The van der Waals surface area contributed by atoms with Crippen molar-refractivity contribution in [3.05, 3.63) is 0 Å². The summed E-state index contributed by atoms with van der Waals surface area (Å²) in [7, 11) is 1.49. The van der Waals surface area contributed by atoms with Gasteiger partial charge in [0, 0.05) is 0 Å². The van der Waals surface area contributed by atoms with Crippen molar-refractivity contribution < 1.29 is 9.53 Å². The molecule has 0 bridgehead atoms. The van der Waals surface area contributed by atoms with Gasteiger partial charge in [0.15, 0.2) is 0 Å². The van der Waals surface area contributed by atoms with Crippen LogP contribution in [-0.4, -0.2) is 26.2 Å². The molecule has 13 heavy (non-hydrogen) atoms. The normalized spacial score (nSPS) is 43.2. The van der Waals surface area contributed by atoms with Gasteiger partial charge in [-0.05, 0) is 37.3 Å². The van der Waals surface area contributed by atoms with Crippen LogP contribution in [0.3, 0.4) is 0 Å². The van der Waals surface area contributed by atoms with Crippen molar-refractivity contribution in [1.82, 2.24) is 5.32 Å². The van der Waals surface area contributed by atoms with Crippen molar-refractivity contribution in [1.29, 1.82) is 0 Å². The fraction of sp³-hybridized carbons (Fsp3) is 0.900. The zero-order chi connectivity index (χ0) is 9.42. The van der Waals surface area contributed by atoms with Gasteiger partial charge in [-0.15, -0.1) is 0 Å². The quantitative estimate of drug-likeness (QED) is 0.607. The molecular weight excluding hydrogens is 166 g/mol. The highest BCUT2D eigenvalue weighted by molar-refractivity contribution is 5.73. The molecule has 4 atom stereocenters. The van der Waals surface area contributed by atoms with Gasteiger partial charge in [0.05, 0.1) is 13.0 Å². The minimum atomic E-state index is -0.0121. The Hall–Kier alpha value is -0.570. The number of methoxy groups -OCH3 is 1. The number of hydrogen-bond acceptors (Lipinski definition) is 3. The maximum Gasteiger partial charge on any atom is 0.308 e. The molecule has 1 aliphatic carbocycles. The van der Waals surface area contributed by atoms with E-state index >= 15 is 0 Å². The molecule has 0 aromatic carbocycles. The second-order valence-corrected chi connectivity index (χ2v) is 4.31. The Balaban J connectivity index is 2.06. The zero-order valence-corrected chi connectivity index (χ0v) is 8.25. The molecule has 0 amide bonds. The Morgan fingerprint density at radius 3 is 2.85 bits per heavy atom. The van der Waals surface area contributed by atoms with Crippen molar-refractivity contribution >= 4 is 5.97 Å². The zero-order valence-electron chi connectivity index (χ0n) is 8.25. The van der Waals surface area contributed by atoms with Crippen molar-refractivity contribution in [3.63, 3.8) is 0 Å². The first kappa shape index (κ1) is 9.00. The maximum absolute atomic E-state index is 11.4. The SMILES string of the molecule is COC(=O)C1CC2CNCC2C1C. The van der Waals surface area contributed by atoms with E-state index in [9.17, 15) is 4.79 Å². The van der Waals surface area contributed by atoms with Gasteiger partial charge in [-0.25, -0.2) is 0 Å². The van der Waals surface area contributed by atoms with E-state index in [4.69, 9.17) is 4.74 Å². The summed E-state index contributed by atoms with van der Waals surface area (Å²) in [5.41, 5.74) is 0. The number of rotatable bonds is 1. The molecule has 0 aromatic rings. The van der Waals surface area contributed by atoms with Gasteiger partial charge in [0.1, 0.15) is 0 Å². The van der Waals surface area contributed by atoms with Gasteiger partial charge in [-0.2, -0.15) is 0 Å². The highest BCUT2D eigenvalue weighted by Gasteiger charge is 2.46. The summed E-state index contributed by atoms with van der Waals surface area (Å²) in [5.74, 6) is 2.04. The number of esters is 1. The predicted octanol–water partition coefficient (Wildman–Crippen LogP) is 0.651. The number of carbonyl (C=O) groups excluding carboxylic acids is 1. The highest BCUT2D eigenvalue weighted by atomic mass is 16.5. The Kier molecular flexibility index (Phi) is 2.28. The van der Waals surface area contributed by atoms with Crippen molar-refractivity contribution in [2.45, 2.75) is 13.3 Å². The van der Waals surface area contributed by atoms with Crippen LogP contribution in [0.1, 0.15) is 13.3 Å². The second-order valence-electron chi connectivity index (χ2n) is 4.31. The lowest BCUT2D eigenvalue weighted by atomic mass is 9.90. The number of carbonyl (C=O) groups is 1. The summed E-state index contributed by atoms with van der Waals surface area (Å²) in [4.78, 5) is 11.4. The van der Waals surface area contributed by atoms with Crippen LogP contribution in [-0.2, 0) is 9.53 Å². The standard InChI is InChI=1S/C10H17NO2/c1-6-8(10(12)13-2)3-7-4-11-5-9(6)7/h6-9,11H,3-5H2,1-2H3. The van der Waals surface area contributed by atoms with E-state index in [2.05, 4.69) is 12.2 Å². The van der Waals surface area contributed by atoms with E-state index in [0.717, 1.165) is 19.5 Å². The van der Waals surface area contributed by atoms with Crippen LogP contribution in [0.5, 0.6) is 0 Å². The highest BCUT2D eigenvalue weighted by Crippen LogP contribution is 2.43. The molecule has 4 unspecified atom stereocenters. The lowest BCUT2D eigenvalue weighted by Crippen LogP contribution is -2.24. The van der Waals surface area contributed by atoms with E-state index in [1.807, 2.05) is 0 Å². The monoisotopic (exact) mass is 183 g/mol. The lowest BCUT2D eigenvalue weighted by molar-refractivity contribution is -0.146. The smallest absolute Gasteiger partial charge is 0.308 e. The van der Waals surface area contributed by atoms with Crippen LogP contribution in [0.4, 0.5) is 0 Å². The molecule has 1 saturated heterocycles. The van der Waals surface area contributed by atoms with Crippen LogP contribution in [0, 0.1) is 23.7 Å². The van der Waals surface area contributed by atoms with E-state index in [-0.39, 0.29) is 11.9 Å². The average molecular weight is 183 g/mol. The third kappa shape index (κ3) is 1.35. The molecule has 74 valence electrons. The van der Waals surface area contributed by atoms with Crippen molar-refractivity contribution in [2.75, 3.05) is 20.2 Å². The molecule has 0 radical (unpaired) electrons. The molecule has 2 aliphatic rings. The predicted molar refractivity (Wildman–Crippen MR) is 49.1 cm³/mol. The van der Waals surface area contributed by atoms with Crippen LogP contribution in [0.25, 0.3) is 0 Å². The fourth-order valence-electron chi connectivity index (χ4n) is 2.93. The first-order valence-corrected chi connectivity index (χ1v) is 5.02. The summed E-state index contributed by atoms with van der Waals surface area (Å²) in [5, 5.41) is 3.38. The first-order chi connectivity index (χ1) is 6.24. The topological polar surface area (TPSA) is 38.3 Å². The van der Waals surface area contributed by atoms with Gasteiger partial charge in [0.25, 0.3) is 0 Å². The van der Waals surface area contributed by atoms with Gasteiger partial charge in [-0.3, -0.25) is 4.79 Å². The molecule has 3 nitrogen and oxygen atoms in total. The molecule has 3 heteroatoms. The van der Waals surface area contributed by atoms with Crippen LogP contribution in [0.15, 0.2) is 0 Å². The number of nitrogens with one attached hydrogen (secondary N) is 1. The Morgan fingerprint density at radius 2 is 2.23 bits per heavy atom. The van der Waals surface area contributed by atoms with Crippen LogP contribution >= 0.6 is 0 Å². The minimum absolute atomic E-state index is 0.0121. The molecule has 0 aromatic heterocycles. The third-order valence-electron chi connectivity index (χ3n) is 3.76. The Labute approximate surface area is 78.8 Å². The number of hydrogen-bond donors (Lipinski definition) is 1. The van der Waals surface area contributed by atoms with Gasteiger partial charge < -0.3 is 10.1 Å². The molecule has 1 N–H and O–H groups in total. The largest absolute Gasteiger partial charge is 0.469 e. The summed E-state index contributed by atoms with van der Waals surface area (Å²) in [6, 6.07) is 0. The molecule has 0 spiro atoms. The molecule has 2 fully saturated rings. The van der Waals surface area contributed by atoms with E-state index < -0.39 is 0 Å². The Bertz CT molecular complexity index is 217. The molecule has 1 heterocycles. The van der Waals surface area contributed by atoms with Crippen molar-refractivity contribution in [2.24, 2.45) is 23.7 Å². The summed E-state index contributed by atoms with van der Waals surface area (Å²) >= 11 is 0. The minimum Gasteiger partial charge on any atom is -0.469 e. The fourth-order valence-corrected chi connectivity index (χ4v) is 2.93. The summed E-state index contributed by atoms with van der Waals surface area (Å²) in [6.45, 7) is 4.35. The van der Waals surface area contributed by atoms with E-state index in [0.29, 0.717) is 17.8 Å². The van der Waals surface area contributed by atoms with Gasteiger partial charge in [-0.1, -0.05) is 6.92 Å². The Morgan fingerprint density at radius 1 is 1.46 bits per heavy atom. The number of ether oxygens (including phenoxy) is 1. The molecule has 2 rings (SSSR count). The summed E-state index contributed by atoms with van der Waals surface area (Å²) in [6.07, 6.45) is 1.02. The molecule has 1 saturated carbocycles.